The van der Waals surface area contributed by atoms with Gasteiger partial charge in [0.2, 0.25) is 0 Å². The molecule has 1 saturated carbocycles. The second-order valence-electron chi connectivity index (χ2n) is 6.44. The van der Waals surface area contributed by atoms with Crippen molar-refractivity contribution in [2.24, 2.45) is 23.7 Å². The van der Waals surface area contributed by atoms with Crippen LogP contribution in [0, 0.1) is 29.5 Å². The van der Waals surface area contributed by atoms with E-state index in [0.29, 0.717) is 22.7 Å². The third kappa shape index (κ3) is 3.85. The minimum absolute atomic E-state index is 0.0850. The van der Waals surface area contributed by atoms with Gasteiger partial charge in [0, 0.05) is 0 Å². The smallest absolute Gasteiger partial charge is 0.306 e. The highest BCUT2D eigenvalue weighted by Gasteiger charge is 2.36. The van der Waals surface area contributed by atoms with Crippen LogP contribution in [-0.4, -0.2) is 11.1 Å². The van der Waals surface area contributed by atoms with Crippen molar-refractivity contribution in [3.05, 3.63) is 34.1 Å². The van der Waals surface area contributed by atoms with Gasteiger partial charge in [-0.3, -0.25) is 4.79 Å². The van der Waals surface area contributed by atoms with E-state index in [-0.39, 0.29) is 17.7 Å². The highest BCUT2D eigenvalue weighted by molar-refractivity contribution is 9.10. The molecule has 3 unspecified atom stereocenters. The van der Waals surface area contributed by atoms with Gasteiger partial charge in [-0.15, -0.1) is 0 Å². The SMILES string of the molecule is CC(C)C1CCC(C(=O)O)C(Cc2cccc(F)c2Br)C1. The van der Waals surface area contributed by atoms with E-state index in [0.717, 1.165) is 24.8 Å². The first-order valence-electron chi connectivity index (χ1n) is 7.55. The van der Waals surface area contributed by atoms with E-state index in [1.54, 1.807) is 6.07 Å². The molecule has 3 atom stereocenters. The minimum Gasteiger partial charge on any atom is -0.481 e. The van der Waals surface area contributed by atoms with Crippen LogP contribution in [0.5, 0.6) is 0 Å². The number of halogens is 2. The topological polar surface area (TPSA) is 37.3 Å². The third-order valence-corrected chi connectivity index (χ3v) is 5.68. The first kappa shape index (κ1) is 16.5. The van der Waals surface area contributed by atoms with Crippen molar-refractivity contribution < 1.29 is 14.3 Å². The highest BCUT2D eigenvalue weighted by Crippen LogP contribution is 2.40. The fraction of sp³-hybridized carbons (Fsp3) is 0.588. The molecule has 1 aliphatic rings. The number of benzene rings is 1. The lowest BCUT2D eigenvalue weighted by Crippen LogP contribution is -2.33. The molecule has 1 aliphatic carbocycles. The average Bonchev–Trinajstić information content (AvgIpc) is 2.43. The van der Waals surface area contributed by atoms with Gasteiger partial charge in [0.15, 0.2) is 0 Å². The van der Waals surface area contributed by atoms with Crippen molar-refractivity contribution in [2.45, 2.75) is 39.5 Å². The van der Waals surface area contributed by atoms with Crippen LogP contribution >= 0.6 is 15.9 Å². The molecule has 0 saturated heterocycles. The van der Waals surface area contributed by atoms with E-state index in [1.807, 2.05) is 6.07 Å². The summed E-state index contributed by atoms with van der Waals surface area (Å²) in [5, 5.41) is 9.45. The molecule has 1 aromatic carbocycles. The second-order valence-corrected chi connectivity index (χ2v) is 7.23. The maximum absolute atomic E-state index is 13.6. The van der Waals surface area contributed by atoms with Crippen LogP contribution in [0.4, 0.5) is 4.39 Å². The summed E-state index contributed by atoms with van der Waals surface area (Å²) in [6.45, 7) is 4.39. The zero-order valence-corrected chi connectivity index (χ0v) is 14.1. The molecule has 2 nitrogen and oxygen atoms in total. The van der Waals surface area contributed by atoms with Crippen LogP contribution < -0.4 is 0 Å². The van der Waals surface area contributed by atoms with Gasteiger partial charge in [0.05, 0.1) is 10.4 Å². The van der Waals surface area contributed by atoms with Gasteiger partial charge < -0.3 is 5.11 Å². The molecule has 0 amide bonds. The van der Waals surface area contributed by atoms with Crippen LogP contribution in [0.2, 0.25) is 0 Å². The summed E-state index contributed by atoms with van der Waals surface area (Å²) in [4.78, 5) is 11.5. The largest absolute Gasteiger partial charge is 0.481 e. The summed E-state index contributed by atoms with van der Waals surface area (Å²) in [6.07, 6.45) is 3.25. The molecule has 0 radical (unpaired) electrons. The molecule has 0 aromatic heterocycles. The summed E-state index contributed by atoms with van der Waals surface area (Å²) in [5.74, 6) is -0.0848. The molecule has 0 aliphatic heterocycles. The molecular formula is C17H22BrFO2. The first-order chi connectivity index (χ1) is 9.90. The van der Waals surface area contributed by atoms with Gasteiger partial charge in [-0.25, -0.2) is 4.39 Å². The predicted octanol–water partition coefficient (Wildman–Crippen LogP) is 4.90. The van der Waals surface area contributed by atoms with Crippen LogP contribution in [0.15, 0.2) is 22.7 Å². The Morgan fingerprint density at radius 2 is 2.14 bits per heavy atom. The van der Waals surface area contributed by atoms with E-state index < -0.39 is 5.97 Å². The van der Waals surface area contributed by atoms with Gasteiger partial charge in [-0.2, -0.15) is 0 Å². The molecule has 4 heteroatoms. The third-order valence-electron chi connectivity index (χ3n) is 4.80. The van der Waals surface area contributed by atoms with Crippen molar-refractivity contribution in [1.29, 1.82) is 0 Å². The molecule has 1 fully saturated rings. The number of carboxylic acid groups (broad SMARTS) is 1. The Labute approximate surface area is 133 Å². The van der Waals surface area contributed by atoms with Crippen LogP contribution in [0.1, 0.15) is 38.7 Å². The molecular weight excluding hydrogens is 335 g/mol. The number of carbonyl (C=O) groups is 1. The summed E-state index contributed by atoms with van der Waals surface area (Å²) in [6, 6.07) is 4.99. The van der Waals surface area contributed by atoms with Gasteiger partial charge in [-0.1, -0.05) is 26.0 Å². The van der Waals surface area contributed by atoms with Crippen molar-refractivity contribution in [3.8, 4) is 0 Å². The summed E-state index contributed by atoms with van der Waals surface area (Å²) in [7, 11) is 0. The fourth-order valence-corrected chi connectivity index (χ4v) is 3.87. The van der Waals surface area contributed by atoms with Crippen molar-refractivity contribution >= 4 is 21.9 Å². The summed E-state index contributed by atoms with van der Waals surface area (Å²) in [5.41, 5.74) is 0.871. The summed E-state index contributed by atoms with van der Waals surface area (Å²) < 4.78 is 14.1. The quantitative estimate of drug-likeness (QED) is 0.832. The number of aliphatic carboxylic acids is 1. The normalized spacial score (nSPS) is 26.0. The number of hydrogen-bond donors (Lipinski definition) is 1. The maximum Gasteiger partial charge on any atom is 0.306 e. The number of hydrogen-bond acceptors (Lipinski definition) is 1. The fourth-order valence-electron chi connectivity index (χ4n) is 3.45. The van der Waals surface area contributed by atoms with Crippen molar-refractivity contribution in [2.75, 3.05) is 0 Å². The maximum atomic E-state index is 13.6. The van der Waals surface area contributed by atoms with E-state index >= 15 is 0 Å². The lowest BCUT2D eigenvalue weighted by Gasteiger charge is -2.36. The minimum atomic E-state index is -0.713. The Balaban J connectivity index is 2.20. The molecule has 1 aromatic rings. The average molecular weight is 357 g/mol. The highest BCUT2D eigenvalue weighted by atomic mass is 79.9. The first-order valence-corrected chi connectivity index (χ1v) is 8.35. The van der Waals surface area contributed by atoms with Crippen molar-refractivity contribution in [3.63, 3.8) is 0 Å². The zero-order chi connectivity index (χ0) is 15.6. The van der Waals surface area contributed by atoms with Gasteiger partial charge >= 0.3 is 5.97 Å². The molecule has 0 spiro atoms. The predicted molar refractivity (Wildman–Crippen MR) is 84.6 cm³/mol. The molecule has 2 rings (SSSR count). The number of carboxylic acids is 1. The van der Waals surface area contributed by atoms with E-state index in [2.05, 4.69) is 29.8 Å². The molecule has 0 heterocycles. The second kappa shape index (κ2) is 6.91. The molecule has 21 heavy (non-hydrogen) atoms. The van der Waals surface area contributed by atoms with Gasteiger partial charge in [-0.05, 0) is 71.0 Å². The Morgan fingerprint density at radius 3 is 2.76 bits per heavy atom. The summed E-state index contributed by atoms with van der Waals surface area (Å²) >= 11 is 3.29. The monoisotopic (exact) mass is 356 g/mol. The van der Waals surface area contributed by atoms with Crippen LogP contribution in [-0.2, 0) is 11.2 Å². The van der Waals surface area contributed by atoms with Gasteiger partial charge in [0.1, 0.15) is 5.82 Å². The Kier molecular flexibility index (Phi) is 5.42. The van der Waals surface area contributed by atoms with E-state index in [4.69, 9.17) is 0 Å². The molecule has 116 valence electrons. The lowest BCUT2D eigenvalue weighted by atomic mass is 9.69. The Hall–Kier alpha value is -0.900. The van der Waals surface area contributed by atoms with Gasteiger partial charge in [0.25, 0.3) is 0 Å². The van der Waals surface area contributed by atoms with E-state index in [9.17, 15) is 14.3 Å². The number of rotatable bonds is 4. The van der Waals surface area contributed by atoms with Crippen molar-refractivity contribution in [1.82, 2.24) is 0 Å². The van der Waals surface area contributed by atoms with Crippen LogP contribution in [0.25, 0.3) is 0 Å². The molecule has 1 N–H and O–H groups in total. The molecule has 0 bridgehead atoms. The Bertz CT molecular complexity index is 516. The van der Waals surface area contributed by atoms with Crippen LogP contribution in [0.3, 0.4) is 0 Å². The standard InChI is InChI=1S/C17H22BrFO2/c1-10(2)11-6-7-14(17(20)21)13(8-11)9-12-4-3-5-15(19)16(12)18/h3-5,10-11,13-14H,6-9H2,1-2H3,(H,20,21). The lowest BCUT2D eigenvalue weighted by molar-refractivity contribution is -0.145. The van der Waals surface area contributed by atoms with E-state index in [1.165, 1.54) is 6.07 Å². The zero-order valence-electron chi connectivity index (χ0n) is 12.5. The Morgan fingerprint density at radius 1 is 1.43 bits per heavy atom.